The van der Waals surface area contributed by atoms with Gasteiger partial charge in [0.05, 0.1) is 0 Å². The van der Waals surface area contributed by atoms with E-state index in [9.17, 15) is 13.2 Å². The summed E-state index contributed by atoms with van der Waals surface area (Å²) >= 11 is 0. The Morgan fingerprint density at radius 3 is 1.97 bits per heavy atom. The summed E-state index contributed by atoms with van der Waals surface area (Å²) in [5, 5.41) is 0. The van der Waals surface area contributed by atoms with Gasteiger partial charge in [0.2, 0.25) is 0 Å². The van der Waals surface area contributed by atoms with Crippen molar-refractivity contribution in [3.8, 4) is 11.1 Å². The largest absolute Gasteiger partial charge is 0.247 e. The highest BCUT2D eigenvalue weighted by molar-refractivity contribution is 5.65. The van der Waals surface area contributed by atoms with Crippen LogP contribution in [0.2, 0.25) is 0 Å². The number of rotatable bonds is 11. The lowest BCUT2D eigenvalue weighted by atomic mass is 9.83. The lowest BCUT2D eigenvalue weighted by molar-refractivity contribution is 0.235. The molecule has 1 aliphatic rings. The molecular formula is C28H37F3. The summed E-state index contributed by atoms with van der Waals surface area (Å²) in [6.07, 6.45) is 12.4. The summed E-state index contributed by atoms with van der Waals surface area (Å²) in [5.41, 5.74) is 2.66. The average molecular weight is 431 g/mol. The van der Waals surface area contributed by atoms with Crippen LogP contribution in [-0.4, -0.2) is 6.17 Å². The molecule has 0 atom stereocenters. The van der Waals surface area contributed by atoms with E-state index in [0.717, 1.165) is 25.7 Å². The first-order chi connectivity index (χ1) is 15.1. The second kappa shape index (κ2) is 12.3. The zero-order chi connectivity index (χ0) is 22.1. The van der Waals surface area contributed by atoms with Gasteiger partial charge in [-0.3, -0.25) is 0 Å². The van der Waals surface area contributed by atoms with Crippen molar-refractivity contribution in [1.82, 2.24) is 0 Å². The molecule has 0 heterocycles. The Hall–Kier alpha value is -1.77. The van der Waals surface area contributed by atoms with Crippen molar-refractivity contribution in [2.75, 3.05) is 0 Å². The molecular weight excluding hydrogens is 393 g/mol. The molecule has 1 aliphatic carbocycles. The van der Waals surface area contributed by atoms with Gasteiger partial charge in [-0.2, -0.15) is 0 Å². The highest BCUT2D eigenvalue weighted by Crippen LogP contribution is 2.35. The third-order valence-corrected chi connectivity index (χ3v) is 6.81. The quantitative estimate of drug-likeness (QED) is 0.312. The molecule has 0 aromatic heterocycles. The van der Waals surface area contributed by atoms with E-state index >= 15 is 0 Å². The van der Waals surface area contributed by atoms with Crippen molar-refractivity contribution in [1.29, 1.82) is 0 Å². The molecule has 0 aliphatic heterocycles. The minimum absolute atomic E-state index is 0.316. The van der Waals surface area contributed by atoms with Crippen LogP contribution in [0.4, 0.5) is 13.2 Å². The van der Waals surface area contributed by atoms with Crippen LogP contribution in [0, 0.1) is 11.6 Å². The van der Waals surface area contributed by atoms with Crippen LogP contribution in [0.15, 0.2) is 36.4 Å². The predicted octanol–water partition coefficient (Wildman–Crippen LogP) is 9.31. The molecule has 2 aromatic carbocycles. The molecule has 0 nitrogen and oxygen atoms in total. The molecule has 0 spiro atoms. The highest BCUT2D eigenvalue weighted by Gasteiger charge is 2.22. The second-order valence-electron chi connectivity index (χ2n) is 9.20. The van der Waals surface area contributed by atoms with Gasteiger partial charge in [0.25, 0.3) is 0 Å². The van der Waals surface area contributed by atoms with Crippen LogP contribution in [0.5, 0.6) is 0 Å². The molecule has 3 rings (SSSR count). The molecule has 0 N–H and O–H groups in total. The van der Waals surface area contributed by atoms with Crippen LogP contribution in [0.25, 0.3) is 11.1 Å². The van der Waals surface area contributed by atoms with Crippen molar-refractivity contribution in [2.24, 2.45) is 0 Å². The van der Waals surface area contributed by atoms with Crippen LogP contribution in [0.3, 0.4) is 0 Å². The molecule has 3 heteroatoms. The number of hydrogen-bond acceptors (Lipinski definition) is 0. The summed E-state index contributed by atoms with van der Waals surface area (Å²) in [7, 11) is 0. The summed E-state index contributed by atoms with van der Waals surface area (Å²) in [6, 6.07) is 11.2. The summed E-state index contributed by atoms with van der Waals surface area (Å²) in [4.78, 5) is 0. The Morgan fingerprint density at radius 2 is 1.32 bits per heavy atom. The Morgan fingerprint density at radius 1 is 0.710 bits per heavy atom. The standard InChI is InChI=1S/C28H37F3/c1-2-3-4-5-6-7-8-9-10-24-17-20-26(28(31)27(24)30)23-13-11-21(12-14-23)22-15-18-25(29)19-16-22/h11-14,17,20,22,25H,2-10,15-16,18-19H2,1H3. The first-order valence-corrected chi connectivity index (χ1v) is 12.3. The predicted molar refractivity (Wildman–Crippen MR) is 124 cm³/mol. The van der Waals surface area contributed by atoms with Gasteiger partial charge in [0.15, 0.2) is 11.6 Å². The molecule has 1 saturated carbocycles. The lowest BCUT2D eigenvalue weighted by Gasteiger charge is -2.24. The maximum atomic E-state index is 14.8. The van der Waals surface area contributed by atoms with E-state index in [4.69, 9.17) is 0 Å². The highest BCUT2D eigenvalue weighted by atomic mass is 19.2. The minimum atomic E-state index is -0.747. The van der Waals surface area contributed by atoms with E-state index in [0.29, 0.717) is 41.9 Å². The second-order valence-corrected chi connectivity index (χ2v) is 9.20. The molecule has 170 valence electrons. The zero-order valence-electron chi connectivity index (χ0n) is 18.9. The normalized spacial score (nSPS) is 19.0. The maximum absolute atomic E-state index is 14.8. The number of unbranched alkanes of at least 4 members (excludes halogenated alkanes) is 7. The Labute approximate surface area is 186 Å². The zero-order valence-corrected chi connectivity index (χ0v) is 18.9. The number of aryl methyl sites for hydroxylation is 1. The van der Waals surface area contributed by atoms with Crippen LogP contribution >= 0.6 is 0 Å². The fourth-order valence-corrected chi connectivity index (χ4v) is 4.78. The Bertz CT molecular complexity index is 789. The van der Waals surface area contributed by atoms with Crippen LogP contribution < -0.4 is 0 Å². The maximum Gasteiger partial charge on any atom is 0.166 e. The van der Waals surface area contributed by atoms with E-state index in [1.165, 1.54) is 44.1 Å². The van der Waals surface area contributed by atoms with Gasteiger partial charge in [0, 0.05) is 5.56 Å². The van der Waals surface area contributed by atoms with Crippen molar-refractivity contribution < 1.29 is 13.2 Å². The van der Waals surface area contributed by atoms with Gasteiger partial charge in [-0.05, 0) is 61.1 Å². The monoisotopic (exact) mass is 430 g/mol. The van der Waals surface area contributed by atoms with Crippen molar-refractivity contribution in [2.45, 2.75) is 102 Å². The van der Waals surface area contributed by atoms with Gasteiger partial charge < -0.3 is 0 Å². The van der Waals surface area contributed by atoms with Gasteiger partial charge in [-0.15, -0.1) is 0 Å². The van der Waals surface area contributed by atoms with Gasteiger partial charge in [-0.25, -0.2) is 13.2 Å². The summed E-state index contributed by atoms with van der Waals surface area (Å²) in [6.45, 7) is 2.22. The van der Waals surface area contributed by atoms with Gasteiger partial charge in [0.1, 0.15) is 6.17 Å². The van der Waals surface area contributed by atoms with E-state index in [1.54, 1.807) is 12.1 Å². The fraction of sp³-hybridized carbons (Fsp3) is 0.571. The Balaban J connectivity index is 1.54. The van der Waals surface area contributed by atoms with Gasteiger partial charge >= 0.3 is 0 Å². The molecule has 2 aromatic rings. The van der Waals surface area contributed by atoms with Crippen molar-refractivity contribution >= 4 is 0 Å². The summed E-state index contributed by atoms with van der Waals surface area (Å²) in [5.74, 6) is -1.08. The minimum Gasteiger partial charge on any atom is -0.247 e. The SMILES string of the molecule is CCCCCCCCCCc1ccc(-c2ccc(C3CCC(F)CC3)cc2)c(F)c1F. The summed E-state index contributed by atoms with van der Waals surface area (Å²) < 4.78 is 42.8. The molecule has 31 heavy (non-hydrogen) atoms. The fourth-order valence-electron chi connectivity index (χ4n) is 4.78. The lowest BCUT2D eigenvalue weighted by Crippen LogP contribution is -2.13. The first kappa shape index (κ1) is 23.9. The molecule has 0 saturated heterocycles. The third kappa shape index (κ3) is 6.85. The number of hydrogen-bond donors (Lipinski definition) is 0. The van der Waals surface area contributed by atoms with Crippen molar-refractivity contribution in [3.63, 3.8) is 0 Å². The average Bonchev–Trinajstić information content (AvgIpc) is 2.79. The first-order valence-electron chi connectivity index (χ1n) is 12.3. The number of benzene rings is 2. The number of alkyl halides is 1. The number of halogens is 3. The molecule has 0 bridgehead atoms. The van der Waals surface area contributed by atoms with E-state index in [2.05, 4.69) is 6.92 Å². The Kier molecular flexibility index (Phi) is 9.49. The van der Waals surface area contributed by atoms with Gasteiger partial charge in [-0.1, -0.05) is 88.3 Å². The molecule has 0 amide bonds. The topological polar surface area (TPSA) is 0 Å². The van der Waals surface area contributed by atoms with Crippen molar-refractivity contribution in [3.05, 3.63) is 59.2 Å². The van der Waals surface area contributed by atoms with E-state index in [1.807, 2.05) is 24.3 Å². The van der Waals surface area contributed by atoms with E-state index < -0.39 is 17.8 Å². The van der Waals surface area contributed by atoms with Crippen LogP contribution in [-0.2, 0) is 6.42 Å². The smallest absolute Gasteiger partial charge is 0.166 e. The van der Waals surface area contributed by atoms with E-state index in [-0.39, 0.29) is 0 Å². The molecule has 0 unspecified atom stereocenters. The van der Waals surface area contributed by atoms with Crippen LogP contribution in [0.1, 0.15) is 101 Å². The molecule has 0 radical (unpaired) electrons. The third-order valence-electron chi connectivity index (χ3n) is 6.81. The molecule has 1 fully saturated rings.